The molecule has 0 amide bonds. The molecule has 0 radical (unpaired) electrons. The standard InChI is InChI=1S/C23H28N10O2S/c1-13-8-21(28-16(4)27-13)29-19-10-20(26-12-25-19)30-23-18(33(6)36(7,34)35)9-17(11-24-23)22-14(2)31-32(5)15(22)3/h8-12H,1-7H3,(H2,24,25,26,27,28,29,30). The van der Waals surface area contributed by atoms with E-state index in [9.17, 15) is 8.42 Å². The number of nitrogens with zero attached hydrogens (tertiary/aromatic N) is 8. The lowest BCUT2D eigenvalue weighted by atomic mass is 10.1. The minimum absolute atomic E-state index is 0.323. The first-order valence-corrected chi connectivity index (χ1v) is 12.9. The number of nitrogens with one attached hydrogen (secondary N) is 2. The van der Waals surface area contributed by atoms with Crippen LogP contribution in [0.15, 0.2) is 30.7 Å². The molecular formula is C23H28N10O2S. The van der Waals surface area contributed by atoms with E-state index >= 15 is 0 Å². The summed E-state index contributed by atoms with van der Waals surface area (Å²) in [7, 11) is -0.221. The Labute approximate surface area is 209 Å². The molecule has 13 heteroatoms. The van der Waals surface area contributed by atoms with Crippen molar-refractivity contribution < 1.29 is 8.42 Å². The Morgan fingerprint density at radius 2 is 1.61 bits per heavy atom. The monoisotopic (exact) mass is 508 g/mol. The van der Waals surface area contributed by atoms with Crippen molar-refractivity contribution in [2.75, 3.05) is 28.2 Å². The number of pyridine rings is 1. The highest BCUT2D eigenvalue weighted by atomic mass is 32.2. The molecule has 0 aliphatic heterocycles. The van der Waals surface area contributed by atoms with Gasteiger partial charge in [0.25, 0.3) is 0 Å². The number of hydrogen-bond acceptors (Lipinski definition) is 10. The molecule has 4 heterocycles. The highest BCUT2D eigenvalue weighted by Crippen LogP contribution is 2.34. The Bertz CT molecular complexity index is 1530. The molecule has 0 spiro atoms. The molecule has 0 bridgehead atoms. The third-order valence-electron chi connectivity index (χ3n) is 5.64. The zero-order valence-electron chi connectivity index (χ0n) is 21.2. The number of sulfonamides is 1. The van der Waals surface area contributed by atoms with Gasteiger partial charge in [0.2, 0.25) is 10.0 Å². The summed E-state index contributed by atoms with van der Waals surface area (Å²) in [5.41, 5.74) is 4.64. The summed E-state index contributed by atoms with van der Waals surface area (Å²) in [4.78, 5) is 21.7. The van der Waals surface area contributed by atoms with Crippen LogP contribution in [0.1, 0.15) is 22.9 Å². The molecular weight excluding hydrogens is 480 g/mol. The lowest BCUT2D eigenvalue weighted by Crippen LogP contribution is -2.26. The molecule has 4 rings (SSSR count). The molecule has 0 atom stereocenters. The van der Waals surface area contributed by atoms with E-state index in [0.29, 0.717) is 34.8 Å². The normalized spacial score (nSPS) is 11.4. The SMILES string of the molecule is Cc1cc(Nc2cc(Nc3ncc(-c4c(C)nn(C)c4C)cc3N(C)S(C)(=O)=O)ncn2)nc(C)n1. The number of aryl methyl sites for hydroxylation is 4. The van der Waals surface area contributed by atoms with Crippen molar-refractivity contribution in [3.63, 3.8) is 0 Å². The van der Waals surface area contributed by atoms with Crippen molar-refractivity contribution in [2.24, 2.45) is 7.05 Å². The quantitative estimate of drug-likeness (QED) is 0.382. The predicted octanol–water partition coefficient (Wildman–Crippen LogP) is 3.18. The van der Waals surface area contributed by atoms with Gasteiger partial charge in [0, 0.05) is 54.9 Å². The van der Waals surface area contributed by atoms with Gasteiger partial charge in [0.15, 0.2) is 5.82 Å². The molecule has 4 aromatic heterocycles. The molecule has 0 aromatic carbocycles. The van der Waals surface area contributed by atoms with E-state index in [1.807, 2.05) is 40.8 Å². The topological polar surface area (TPSA) is 144 Å². The third-order valence-corrected chi connectivity index (χ3v) is 6.83. The Morgan fingerprint density at radius 1 is 0.917 bits per heavy atom. The largest absolute Gasteiger partial charge is 0.325 e. The number of hydrogen-bond donors (Lipinski definition) is 2. The van der Waals surface area contributed by atoms with Crippen molar-refractivity contribution in [1.29, 1.82) is 0 Å². The smallest absolute Gasteiger partial charge is 0.232 e. The second kappa shape index (κ2) is 9.49. The summed E-state index contributed by atoms with van der Waals surface area (Å²) < 4.78 is 27.8. The van der Waals surface area contributed by atoms with Crippen LogP contribution in [-0.4, -0.2) is 56.4 Å². The highest BCUT2D eigenvalue weighted by molar-refractivity contribution is 7.92. The van der Waals surface area contributed by atoms with Gasteiger partial charge < -0.3 is 10.6 Å². The molecule has 0 aliphatic rings. The van der Waals surface area contributed by atoms with Crippen LogP contribution in [0.25, 0.3) is 11.1 Å². The number of rotatable bonds is 7. The number of anilines is 5. The maximum Gasteiger partial charge on any atom is 0.232 e. The van der Waals surface area contributed by atoms with Crippen molar-refractivity contribution in [3.05, 3.63) is 53.6 Å². The summed E-state index contributed by atoms with van der Waals surface area (Å²) >= 11 is 0. The van der Waals surface area contributed by atoms with Crippen LogP contribution < -0.4 is 14.9 Å². The van der Waals surface area contributed by atoms with Crippen LogP contribution in [0, 0.1) is 27.7 Å². The summed E-state index contributed by atoms with van der Waals surface area (Å²) in [5.74, 6) is 2.49. The molecule has 2 N–H and O–H groups in total. The molecule has 12 nitrogen and oxygen atoms in total. The summed E-state index contributed by atoms with van der Waals surface area (Å²) in [6.07, 6.45) is 4.22. The van der Waals surface area contributed by atoms with E-state index in [4.69, 9.17) is 0 Å². The maximum atomic E-state index is 12.4. The fraction of sp³-hybridized carbons (Fsp3) is 0.304. The number of aromatic nitrogens is 7. The van der Waals surface area contributed by atoms with Crippen LogP contribution in [0.5, 0.6) is 0 Å². The van der Waals surface area contributed by atoms with Crippen LogP contribution in [-0.2, 0) is 17.1 Å². The molecule has 0 unspecified atom stereocenters. The van der Waals surface area contributed by atoms with E-state index in [0.717, 1.165) is 34.5 Å². The van der Waals surface area contributed by atoms with Crippen molar-refractivity contribution in [1.82, 2.24) is 34.7 Å². The second-order valence-electron chi connectivity index (χ2n) is 8.47. The summed E-state index contributed by atoms with van der Waals surface area (Å²) in [6, 6.07) is 5.27. The van der Waals surface area contributed by atoms with Gasteiger partial charge in [-0.05, 0) is 33.8 Å². The van der Waals surface area contributed by atoms with E-state index in [-0.39, 0.29) is 0 Å². The lowest BCUT2D eigenvalue weighted by molar-refractivity contribution is 0.600. The minimum Gasteiger partial charge on any atom is -0.325 e. The van der Waals surface area contributed by atoms with Crippen LogP contribution in [0.2, 0.25) is 0 Å². The molecule has 0 aliphatic carbocycles. The molecule has 4 aromatic rings. The predicted molar refractivity (Wildman–Crippen MR) is 139 cm³/mol. The van der Waals surface area contributed by atoms with Gasteiger partial charge >= 0.3 is 0 Å². The van der Waals surface area contributed by atoms with E-state index in [1.165, 1.54) is 17.7 Å². The Morgan fingerprint density at radius 3 is 2.22 bits per heavy atom. The fourth-order valence-electron chi connectivity index (χ4n) is 3.82. The third kappa shape index (κ3) is 5.25. The lowest BCUT2D eigenvalue weighted by Gasteiger charge is -2.21. The Balaban J connectivity index is 1.71. The molecule has 0 saturated carbocycles. The minimum atomic E-state index is -3.57. The molecule has 188 valence electrons. The van der Waals surface area contributed by atoms with Crippen LogP contribution in [0.4, 0.5) is 29.0 Å². The van der Waals surface area contributed by atoms with Crippen molar-refractivity contribution in [2.45, 2.75) is 27.7 Å². The zero-order chi connectivity index (χ0) is 26.2. The average molecular weight is 509 g/mol. The van der Waals surface area contributed by atoms with Crippen LogP contribution in [0.3, 0.4) is 0 Å². The van der Waals surface area contributed by atoms with Gasteiger partial charge in [-0.3, -0.25) is 8.99 Å². The average Bonchev–Trinajstić information content (AvgIpc) is 3.03. The first kappa shape index (κ1) is 25.0. The maximum absolute atomic E-state index is 12.4. The molecule has 0 saturated heterocycles. The highest BCUT2D eigenvalue weighted by Gasteiger charge is 2.21. The van der Waals surface area contributed by atoms with Gasteiger partial charge in [-0.25, -0.2) is 33.3 Å². The fourth-order valence-corrected chi connectivity index (χ4v) is 4.32. The zero-order valence-corrected chi connectivity index (χ0v) is 22.0. The molecule has 36 heavy (non-hydrogen) atoms. The van der Waals surface area contributed by atoms with Crippen molar-refractivity contribution >= 4 is 39.0 Å². The van der Waals surface area contributed by atoms with E-state index in [2.05, 4.69) is 40.7 Å². The first-order chi connectivity index (χ1) is 16.9. The van der Waals surface area contributed by atoms with Gasteiger partial charge in [-0.2, -0.15) is 5.10 Å². The van der Waals surface area contributed by atoms with E-state index < -0.39 is 10.0 Å². The summed E-state index contributed by atoms with van der Waals surface area (Å²) in [5, 5.41) is 10.7. The summed E-state index contributed by atoms with van der Waals surface area (Å²) in [6.45, 7) is 7.56. The Hall–Kier alpha value is -4.13. The van der Waals surface area contributed by atoms with E-state index in [1.54, 1.807) is 23.0 Å². The first-order valence-electron chi connectivity index (χ1n) is 11.0. The van der Waals surface area contributed by atoms with Crippen molar-refractivity contribution in [3.8, 4) is 11.1 Å². The Kier molecular flexibility index (Phi) is 6.59. The van der Waals surface area contributed by atoms with Gasteiger partial charge in [-0.15, -0.1) is 0 Å². The molecule has 0 fully saturated rings. The van der Waals surface area contributed by atoms with Crippen LogP contribution >= 0.6 is 0 Å². The van der Waals surface area contributed by atoms with Gasteiger partial charge in [-0.1, -0.05) is 0 Å². The van der Waals surface area contributed by atoms with Gasteiger partial charge in [0.05, 0.1) is 17.6 Å². The van der Waals surface area contributed by atoms with Gasteiger partial charge in [0.1, 0.15) is 29.6 Å². The second-order valence-corrected chi connectivity index (χ2v) is 10.5.